The van der Waals surface area contributed by atoms with Crippen LogP contribution in [0.2, 0.25) is 0 Å². The Morgan fingerprint density at radius 3 is 2.38 bits per heavy atom. The number of carbonyl (C=O) groups is 1. The van der Waals surface area contributed by atoms with Gasteiger partial charge >= 0.3 is 0 Å². The molecule has 0 saturated heterocycles. The minimum atomic E-state index is -3.68. The molecule has 1 amide bonds. The van der Waals surface area contributed by atoms with Crippen molar-refractivity contribution in [3.63, 3.8) is 0 Å². The zero-order valence-corrected chi connectivity index (χ0v) is 13.4. The summed E-state index contributed by atoms with van der Waals surface area (Å²) >= 11 is 0. The van der Waals surface area contributed by atoms with Gasteiger partial charge in [0.1, 0.15) is 0 Å². The van der Waals surface area contributed by atoms with E-state index in [9.17, 15) is 13.2 Å². The number of amides is 1. The molecule has 1 aromatic rings. The third-order valence-corrected chi connectivity index (χ3v) is 5.28. The molecule has 6 heteroatoms. The summed E-state index contributed by atoms with van der Waals surface area (Å²) in [5, 5.41) is 2.97. The second-order valence-corrected chi connectivity index (χ2v) is 8.10. The second kappa shape index (κ2) is 7.27. The van der Waals surface area contributed by atoms with Gasteiger partial charge in [-0.1, -0.05) is 25.0 Å². The van der Waals surface area contributed by atoms with E-state index in [0.717, 1.165) is 12.1 Å². The van der Waals surface area contributed by atoms with Crippen molar-refractivity contribution in [1.29, 1.82) is 0 Å². The molecular formula is C15H20ClNO3S. The van der Waals surface area contributed by atoms with Crippen molar-refractivity contribution in [3.8, 4) is 0 Å². The van der Waals surface area contributed by atoms with Gasteiger partial charge in [-0.3, -0.25) is 4.79 Å². The van der Waals surface area contributed by atoms with Gasteiger partial charge in [0.15, 0.2) is 0 Å². The van der Waals surface area contributed by atoms with Crippen molar-refractivity contribution in [2.75, 3.05) is 6.54 Å². The van der Waals surface area contributed by atoms with Gasteiger partial charge < -0.3 is 5.32 Å². The molecule has 0 spiro atoms. The summed E-state index contributed by atoms with van der Waals surface area (Å²) in [6.45, 7) is 0.780. The lowest BCUT2D eigenvalue weighted by Crippen LogP contribution is -2.28. The number of halogens is 1. The largest absolute Gasteiger partial charge is 0.356 e. The van der Waals surface area contributed by atoms with Gasteiger partial charge in [0, 0.05) is 23.6 Å². The van der Waals surface area contributed by atoms with Crippen LogP contribution in [0.5, 0.6) is 0 Å². The predicted molar refractivity (Wildman–Crippen MR) is 82.8 cm³/mol. The van der Waals surface area contributed by atoms with Gasteiger partial charge in [0.2, 0.25) is 5.91 Å². The Hall–Kier alpha value is -1.07. The monoisotopic (exact) mass is 329 g/mol. The van der Waals surface area contributed by atoms with E-state index in [4.69, 9.17) is 10.7 Å². The van der Waals surface area contributed by atoms with E-state index in [1.165, 1.54) is 37.8 Å². The number of nitrogens with one attached hydrogen (secondary N) is 1. The zero-order valence-electron chi connectivity index (χ0n) is 11.8. The molecule has 0 unspecified atom stereocenters. The van der Waals surface area contributed by atoms with Gasteiger partial charge in [-0.2, -0.15) is 0 Å². The number of hydrogen-bond acceptors (Lipinski definition) is 3. The van der Waals surface area contributed by atoms with Gasteiger partial charge in [-0.15, -0.1) is 0 Å². The first-order chi connectivity index (χ1) is 9.95. The summed E-state index contributed by atoms with van der Waals surface area (Å²) < 4.78 is 22.2. The van der Waals surface area contributed by atoms with Gasteiger partial charge in [-0.25, -0.2) is 8.42 Å². The van der Waals surface area contributed by atoms with E-state index in [-0.39, 0.29) is 10.8 Å². The Labute approximate surface area is 130 Å². The molecule has 0 radical (unpaired) electrons. The number of aryl methyl sites for hydroxylation is 1. The van der Waals surface area contributed by atoms with E-state index in [1.807, 2.05) is 0 Å². The molecule has 1 aliphatic rings. The van der Waals surface area contributed by atoms with Crippen LogP contribution in [-0.2, 0) is 20.3 Å². The van der Waals surface area contributed by atoms with Crippen LogP contribution in [0.1, 0.15) is 37.7 Å². The van der Waals surface area contributed by atoms with Crippen molar-refractivity contribution >= 4 is 25.6 Å². The number of hydrogen-bond donors (Lipinski definition) is 1. The fourth-order valence-electron chi connectivity index (χ4n) is 2.64. The van der Waals surface area contributed by atoms with E-state index < -0.39 is 9.05 Å². The fraction of sp³-hybridized carbons (Fsp3) is 0.533. The topological polar surface area (TPSA) is 63.2 Å². The minimum Gasteiger partial charge on any atom is -0.356 e. The summed E-state index contributed by atoms with van der Waals surface area (Å²) in [4.78, 5) is 11.9. The van der Waals surface area contributed by atoms with Gasteiger partial charge in [0.25, 0.3) is 9.05 Å². The molecular weight excluding hydrogens is 310 g/mol. The van der Waals surface area contributed by atoms with E-state index in [2.05, 4.69) is 5.32 Å². The quantitative estimate of drug-likeness (QED) is 0.816. The Balaban J connectivity index is 1.75. The molecule has 1 fully saturated rings. The molecule has 0 atom stereocenters. The fourth-order valence-corrected chi connectivity index (χ4v) is 3.41. The van der Waals surface area contributed by atoms with E-state index in [1.54, 1.807) is 12.1 Å². The molecule has 0 aromatic heterocycles. The molecule has 1 aromatic carbocycles. The first-order valence-corrected chi connectivity index (χ1v) is 9.56. The highest BCUT2D eigenvalue weighted by molar-refractivity contribution is 8.13. The maximum atomic E-state index is 11.8. The summed E-state index contributed by atoms with van der Waals surface area (Å²) in [5.74, 6) is 0.693. The number of benzene rings is 1. The Bertz CT molecular complexity index is 577. The SMILES string of the molecule is O=C(CCc1ccc(S(=O)(=O)Cl)cc1)NCC1CCCC1. The van der Waals surface area contributed by atoms with Crippen LogP contribution in [0.15, 0.2) is 29.2 Å². The summed E-state index contributed by atoms with van der Waals surface area (Å²) in [6.07, 6.45) is 5.99. The van der Waals surface area contributed by atoms with Crippen LogP contribution < -0.4 is 5.32 Å². The molecule has 0 aliphatic heterocycles. The number of carbonyl (C=O) groups excluding carboxylic acids is 1. The maximum Gasteiger partial charge on any atom is 0.261 e. The van der Waals surface area contributed by atoms with E-state index >= 15 is 0 Å². The van der Waals surface area contributed by atoms with Crippen molar-refractivity contribution < 1.29 is 13.2 Å². The molecule has 21 heavy (non-hydrogen) atoms. The van der Waals surface area contributed by atoms with E-state index in [0.29, 0.717) is 18.8 Å². The lowest BCUT2D eigenvalue weighted by Gasteiger charge is -2.10. The highest BCUT2D eigenvalue weighted by Crippen LogP contribution is 2.23. The molecule has 0 bridgehead atoms. The summed E-state index contributed by atoms with van der Waals surface area (Å²) in [5.41, 5.74) is 0.926. The van der Waals surface area contributed by atoms with Crippen molar-refractivity contribution in [1.82, 2.24) is 5.32 Å². The van der Waals surface area contributed by atoms with Gasteiger partial charge in [0.05, 0.1) is 4.90 Å². The average molecular weight is 330 g/mol. The lowest BCUT2D eigenvalue weighted by atomic mass is 10.1. The van der Waals surface area contributed by atoms with Crippen LogP contribution >= 0.6 is 10.7 Å². The Morgan fingerprint density at radius 1 is 1.19 bits per heavy atom. The van der Waals surface area contributed by atoms with Crippen molar-refractivity contribution in [2.45, 2.75) is 43.4 Å². The smallest absolute Gasteiger partial charge is 0.261 e. The summed E-state index contributed by atoms with van der Waals surface area (Å²) in [7, 11) is 1.57. The van der Waals surface area contributed by atoms with Gasteiger partial charge in [-0.05, 0) is 42.9 Å². The zero-order chi connectivity index (χ0) is 15.3. The number of rotatable bonds is 6. The third-order valence-electron chi connectivity index (χ3n) is 3.91. The maximum absolute atomic E-state index is 11.8. The lowest BCUT2D eigenvalue weighted by molar-refractivity contribution is -0.121. The molecule has 2 rings (SSSR count). The van der Waals surface area contributed by atoms with Crippen LogP contribution in [-0.4, -0.2) is 20.9 Å². The molecule has 0 heterocycles. The molecule has 4 nitrogen and oxygen atoms in total. The van der Waals surface area contributed by atoms with Crippen LogP contribution in [0.4, 0.5) is 0 Å². The second-order valence-electron chi connectivity index (χ2n) is 5.54. The molecule has 116 valence electrons. The van der Waals surface area contributed by atoms with Crippen LogP contribution in [0, 0.1) is 5.92 Å². The average Bonchev–Trinajstić information content (AvgIpc) is 2.95. The van der Waals surface area contributed by atoms with Crippen LogP contribution in [0.25, 0.3) is 0 Å². The third kappa shape index (κ3) is 5.32. The minimum absolute atomic E-state index is 0.0518. The summed E-state index contributed by atoms with van der Waals surface area (Å²) in [6, 6.07) is 6.32. The standard InChI is InChI=1S/C15H20ClNO3S/c16-21(19,20)14-8-5-12(6-9-14)7-10-15(18)17-11-13-3-1-2-4-13/h5-6,8-9,13H,1-4,7,10-11H2,(H,17,18). The Kier molecular flexibility index (Phi) is 5.65. The molecule has 1 saturated carbocycles. The normalized spacial score (nSPS) is 16.0. The van der Waals surface area contributed by atoms with Crippen molar-refractivity contribution in [2.24, 2.45) is 5.92 Å². The Morgan fingerprint density at radius 2 is 1.81 bits per heavy atom. The van der Waals surface area contributed by atoms with Crippen LogP contribution in [0.3, 0.4) is 0 Å². The first-order valence-electron chi connectivity index (χ1n) is 7.25. The highest BCUT2D eigenvalue weighted by Gasteiger charge is 2.15. The molecule has 1 aliphatic carbocycles. The predicted octanol–water partition coefficient (Wildman–Crippen LogP) is 2.85. The van der Waals surface area contributed by atoms with Crippen molar-refractivity contribution in [3.05, 3.63) is 29.8 Å². The first kappa shape index (κ1) is 16.3. The molecule has 1 N–H and O–H groups in total. The highest BCUT2D eigenvalue weighted by atomic mass is 35.7.